The molecule has 35 rings (SSSR count). The molecule has 5 heterocycles. The monoisotopic (exact) mass is 1870 g/mol. The summed E-state index contributed by atoms with van der Waals surface area (Å²) in [5.41, 5.74) is 44.5. The summed E-state index contributed by atoms with van der Waals surface area (Å²) in [4.78, 5) is 0. The van der Waals surface area contributed by atoms with Crippen LogP contribution in [-0.4, -0.2) is 0 Å². The molecule has 0 amide bonds. The number of hydrogen-bond donors (Lipinski definition) is 0. The predicted molar refractivity (Wildman–Crippen MR) is 617 cm³/mol. The second-order valence-corrected chi connectivity index (χ2v) is 40.8. The third-order valence-electron chi connectivity index (χ3n) is 31.1. The molecule has 145 heavy (non-hydrogen) atoms. The smallest absolute Gasteiger partial charge is 0.143 e. The Kier molecular flexibility index (Phi) is 18.0. The van der Waals surface area contributed by atoms with E-state index in [4.69, 9.17) is 13.3 Å². The molecule has 0 fully saturated rings. The van der Waals surface area contributed by atoms with E-state index >= 15 is 0 Å². The maximum absolute atomic E-state index is 6.46. The lowest BCUT2D eigenvalue weighted by atomic mass is 9.90. The molecule has 0 saturated heterocycles. The van der Waals surface area contributed by atoms with Crippen molar-refractivity contribution in [3.8, 4) is 167 Å². The van der Waals surface area contributed by atoms with Gasteiger partial charge in [0.2, 0.25) is 0 Å². The van der Waals surface area contributed by atoms with Crippen LogP contribution >= 0.6 is 22.7 Å². The molecule has 25 aromatic carbocycles. The molecule has 0 bridgehead atoms. The first-order valence-electron chi connectivity index (χ1n) is 49.8. The fourth-order valence-corrected chi connectivity index (χ4v) is 27.3. The van der Waals surface area contributed by atoms with Crippen LogP contribution in [0.15, 0.2) is 499 Å². The molecule has 0 N–H and O–H groups in total. The van der Waals surface area contributed by atoms with E-state index in [0.717, 1.165) is 33.5 Å². The Labute approximate surface area is 841 Å². The predicted octanol–water partition coefficient (Wildman–Crippen LogP) is 41.2. The second kappa shape index (κ2) is 32.1. The maximum atomic E-state index is 6.46. The zero-order valence-electron chi connectivity index (χ0n) is 78.2. The Morgan fingerprint density at radius 3 is 0.917 bits per heavy atom. The number of benzene rings is 25. The summed E-state index contributed by atoms with van der Waals surface area (Å²) in [5, 5.41) is 25.6. The Hall–Kier alpha value is -18.4. The first kappa shape index (κ1) is 81.5. The number of rotatable bonds is 0. The van der Waals surface area contributed by atoms with Gasteiger partial charge in [-0.25, -0.2) is 0 Å². The van der Waals surface area contributed by atoms with Gasteiger partial charge in [0.25, 0.3) is 0 Å². The average molecular weight is 1870 g/mol. The van der Waals surface area contributed by atoms with Gasteiger partial charge in [-0.1, -0.05) is 406 Å². The van der Waals surface area contributed by atoms with E-state index in [0.29, 0.717) is 0 Å². The lowest BCUT2D eigenvalue weighted by Gasteiger charge is -2.13. The molecule has 670 valence electrons. The van der Waals surface area contributed by atoms with Crippen molar-refractivity contribution in [3.63, 3.8) is 0 Å². The lowest BCUT2D eigenvalue weighted by molar-refractivity contribution is 0.668. The first-order valence-corrected chi connectivity index (χ1v) is 51.4. The van der Waals surface area contributed by atoms with Crippen LogP contribution in [0.5, 0.6) is 0 Å². The fraction of sp³-hybridized carbons (Fsp3) is 0. The van der Waals surface area contributed by atoms with Crippen molar-refractivity contribution in [2.24, 2.45) is 0 Å². The van der Waals surface area contributed by atoms with E-state index < -0.39 is 0 Å². The van der Waals surface area contributed by atoms with Crippen molar-refractivity contribution in [1.29, 1.82) is 0 Å². The molecule has 0 radical (unpaired) electrons. The molecule has 30 aromatic rings. The van der Waals surface area contributed by atoms with Crippen LogP contribution in [0, 0.1) is 0 Å². The molecule has 0 atom stereocenters. The zero-order chi connectivity index (χ0) is 94.7. The highest BCUT2D eigenvalue weighted by molar-refractivity contribution is 7.26. The molecule has 5 heteroatoms. The molecule has 0 saturated carbocycles. The number of hydrogen-bond acceptors (Lipinski definition) is 5. The van der Waals surface area contributed by atoms with Gasteiger partial charge >= 0.3 is 0 Å². The minimum absolute atomic E-state index is 0.938. The van der Waals surface area contributed by atoms with Gasteiger partial charge in [0.1, 0.15) is 33.5 Å². The fourth-order valence-electron chi connectivity index (χ4n) is 25.0. The van der Waals surface area contributed by atoms with Gasteiger partial charge in [-0.15, -0.1) is 22.7 Å². The minimum Gasteiger partial charge on any atom is -0.456 e. The third-order valence-corrected chi connectivity index (χ3v) is 33.4. The minimum atomic E-state index is 0.938. The number of furan rings is 3. The quantitative estimate of drug-likeness (QED) is 0.152. The van der Waals surface area contributed by atoms with Crippen LogP contribution in [0.2, 0.25) is 0 Å². The van der Waals surface area contributed by atoms with Crippen molar-refractivity contribution in [3.05, 3.63) is 485 Å². The Morgan fingerprint density at radius 2 is 0.414 bits per heavy atom. The highest BCUT2D eigenvalue weighted by Crippen LogP contribution is 2.59. The SMILES string of the molecule is c1ccc2c(c1)-c1c(ccc3c1oc1ccccc13)-c1cccc3cccc-2c13.c1ccc2c(c1)-c1cc3c(cc1-c1cccc4cccc-2c14)oc1ccccc13.c1ccc2c(c1)-c1cc3c(cc1-c1cccc4cccc-2c14)sc1ccccc13.c1ccc2c(c1)-c1ccc3oc4ccccc4c3c1-c1cccc3cccc-2c13.c1ccc2c(c1)-c1cccc3cccc(c13)-c1ccc3sc4ccccc4c3c1-2. The largest absolute Gasteiger partial charge is 0.456 e. The molecule has 5 aliphatic carbocycles. The molecular formula is C140H80O3S2. The highest BCUT2D eigenvalue weighted by atomic mass is 32.1. The summed E-state index contributed by atoms with van der Waals surface area (Å²) < 4.78 is 24.4. The summed E-state index contributed by atoms with van der Waals surface area (Å²) in [7, 11) is 0. The summed E-state index contributed by atoms with van der Waals surface area (Å²) >= 11 is 3.79. The van der Waals surface area contributed by atoms with E-state index in [1.165, 1.54) is 293 Å². The molecule has 0 spiro atoms. The van der Waals surface area contributed by atoms with Crippen molar-refractivity contribution in [2.75, 3.05) is 0 Å². The van der Waals surface area contributed by atoms with Gasteiger partial charge in [-0.3, -0.25) is 0 Å². The van der Waals surface area contributed by atoms with Crippen LogP contribution in [0.25, 0.3) is 327 Å². The van der Waals surface area contributed by atoms with Crippen LogP contribution in [0.1, 0.15) is 0 Å². The summed E-state index contributed by atoms with van der Waals surface area (Å²) in [5.74, 6) is 0. The number of fused-ring (bicyclic) bond motifs is 43. The standard InChI is InChI=1S/3C28H16O.2C28H16S/c1-2-11-21-18(9-1)20-12-5-7-17-8-6-13-22(26(17)20)23-15-16-24-19-10-3-4-14-25(19)29-28(24)27(21)23;1-2-10-19-18(9-1)21-12-5-7-17-8-6-13-22(28(17)21)24-16-27-25(15-23(19)24)20-11-3-4-14-26(20)29-27;1-2-10-19-18(9-1)20-12-5-7-17-8-6-13-23(26(17)20)27-21(19)15-16-25-28(27)22-11-3-4-14-24(22)29-25;1-2-10-19-18(9-1)21-12-5-7-17-8-6-13-22(28(17)21)24-16-27-25(15-23(19)24)20-11-3-4-14-26(20)29-27;1-2-10-20-18(9-1)19-12-5-7-17-8-6-13-21(26(17)19)22-15-16-25-28(27(20)22)23-11-3-4-14-24(23)29-25/h5*1-16H. The van der Waals surface area contributed by atoms with E-state index in [1.54, 1.807) is 0 Å². The number of thiophene rings is 2. The number of para-hydroxylation sites is 3. The lowest BCUT2D eigenvalue weighted by Crippen LogP contribution is -1.86. The normalized spacial score (nSPS) is 12.1. The van der Waals surface area contributed by atoms with Crippen molar-refractivity contribution >= 4 is 183 Å². The third kappa shape index (κ3) is 12.3. The molecule has 0 aliphatic heterocycles. The average Bonchev–Trinajstić information content (AvgIpc) is 1.56. The summed E-state index contributed by atoms with van der Waals surface area (Å²) in [6.45, 7) is 0. The Bertz CT molecular complexity index is 10400. The summed E-state index contributed by atoms with van der Waals surface area (Å²) in [6, 6.07) is 176. The first-order chi connectivity index (χ1) is 72.0. The van der Waals surface area contributed by atoms with Crippen molar-refractivity contribution in [2.45, 2.75) is 0 Å². The van der Waals surface area contributed by atoms with E-state index in [1.807, 2.05) is 46.9 Å². The molecule has 0 unspecified atom stereocenters. The van der Waals surface area contributed by atoms with Crippen LogP contribution < -0.4 is 0 Å². The molecular weight excluding hydrogens is 1790 g/mol. The van der Waals surface area contributed by atoms with Gasteiger partial charge in [0.15, 0.2) is 0 Å². The van der Waals surface area contributed by atoms with Crippen LogP contribution in [0.4, 0.5) is 0 Å². The van der Waals surface area contributed by atoms with E-state index in [2.05, 4.69) is 461 Å². The van der Waals surface area contributed by atoms with Crippen LogP contribution in [0.3, 0.4) is 0 Å². The molecule has 5 aliphatic rings. The van der Waals surface area contributed by atoms with E-state index in [-0.39, 0.29) is 0 Å². The van der Waals surface area contributed by atoms with Crippen molar-refractivity contribution < 1.29 is 13.3 Å². The maximum Gasteiger partial charge on any atom is 0.143 e. The van der Waals surface area contributed by atoms with Gasteiger partial charge < -0.3 is 13.3 Å². The Morgan fingerprint density at radius 1 is 0.117 bits per heavy atom. The molecule has 5 aromatic heterocycles. The van der Waals surface area contributed by atoms with E-state index in [9.17, 15) is 0 Å². The highest BCUT2D eigenvalue weighted by Gasteiger charge is 2.32. The zero-order valence-corrected chi connectivity index (χ0v) is 79.9. The van der Waals surface area contributed by atoms with Gasteiger partial charge in [0.05, 0.1) is 0 Å². The summed E-state index contributed by atoms with van der Waals surface area (Å²) in [6.07, 6.45) is 0. The Balaban J connectivity index is 0.0000000825. The van der Waals surface area contributed by atoms with Gasteiger partial charge in [0, 0.05) is 83.8 Å². The second-order valence-electron chi connectivity index (χ2n) is 38.6. The van der Waals surface area contributed by atoms with Crippen LogP contribution in [-0.2, 0) is 0 Å². The topological polar surface area (TPSA) is 39.4 Å². The van der Waals surface area contributed by atoms with Crippen molar-refractivity contribution in [1.82, 2.24) is 0 Å². The van der Waals surface area contributed by atoms with Gasteiger partial charge in [-0.05, 0) is 289 Å². The van der Waals surface area contributed by atoms with Gasteiger partial charge in [-0.2, -0.15) is 0 Å². The molecule has 3 nitrogen and oxygen atoms in total.